The van der Waals surface area contributed by atoms with Gasteiger partial charge in [-0.3, -0.25) is 0 Å². The van der Waals surface area contributed by atoms with Crippen LogP contribution < -0.4 is 4.90 Å². The van der Waals surface area contributed by atoms with Crippen molar-refractivity contribution in [1.29, 1.82) is 0 Å². The van der Waals surface area contributed by atoms with Crippen LogP contribution in [0.1, 0.15) is 43.2 Å². The summed E-state index contributed by atoms with van der Waals surface area (Å²) in [7, 11) is 0. The Morgan fingerprint density at radius 3 is 1.82 bits per heavy atom. The predicted molar refractivity (Wildman–Crippen MR) is 213 cm³/mol. The summed E-state index contributed by atoms with van der Waals surface area (Å²) in [6, 6.07) is 61.2. The first-order chi connectivity index (χ1) is 25.3. The lowest BCUT2D eigenvalue weighted by molar-refractivity contribution is -0.0399. The highest BCUT2D eigenvalue weighted by Crippen LogP contribution is 2.69. The molecule has 51 heavy (non-hydrogen) atoms. The van der Waals surface area contributed by atoms with E-state index in [9.17, 15) is 0 Å². The van der Waals surface area contributed by atoms with Crippen molar-refractivity contribution in [3.63, 3.8) is 0 Å². The van der Waals surface area contributed by atoms with Gasteiger partial charge in [0.05, 0.1) is 11.4 Å². The molecule has 1 spiro atoms. The highest BCUT2D eigenvalue weighted by Gasteiger charge is 2.61. The van der Waals surface area contributed by atoms with Crippen LogP contribution in [0.2, 0.25) is 0 Å². The van der Waals surface area contributed by atoms with Crippen LogP contribution in [0, 0.1) is 23.7 Å². The summed E-state index contributed by atoms with van der Waals surface area (Å²) in [4.78, 5) is 2.45. The maximum Gasteiger partial charge on any atom is 0.0540 e. The van der Waals surface area contributed by atoms with Gasteiger partial charge in [0.15, 0.2) is 0 Å². The van der Waals surface area contributed by atoms with Crippen molar-refractivity contribution in [2.45, 2.75) is 37.5 Å². The van der Waals surface area contributed by atoms with E-state index in [4.69, 9.17) is 0 Å². The fraction of sp³-hybridized carbons (Fsp3) is 0.200. The van der Waals surface area contributed by atoms with Crippen molar-refractivity contribution in [2.24, 2.45) is 23.7 Å². The van der Waals surface area contributed by atoms with Gasteiger partial charge in [-0.05, 0) is 130 Å². The number of para-hydroxylation sites is 1. The summed E-state index contributed by atoms with van der Waals surface area (Å²) in [5.41, 5.74) is 14.9. The van der Waals surface area contributed by atoms with Gasteiger partial charge in [-0.25, -0.2) is 0 Å². The second-order valence-corrected chi connectivity index (χ2v) is 15.7. The second kappa shape index (κ2) is 11.3. The zero-order valence-electron chi connectivity index (χ0n) is 28.9. The zero-order valence-corrected chi connectivity index (χ0v) is 28.9. The second-order valence-electron chi connectivity index (χ2n) is 15.7. The molecule has 12 rings (SSSR count). The van der Waals surface area contributed by atoms with Gasteiger partial charge in [0.1, 0.15) is 0 Å². The minimum Gasteiger partial charge on any atom is -0.309 e. The monoisotopic (exact) mass is 655 g/mol. The molecule has 0 amide bonds. The Kier molecular flexibility index (Phi) is 6.50. The summed E-state index contributed by atoms with van der Waals surface area (Å²) in [5, 5.41) is 2.48. The molecule has 7 aromatic carbocycles. The number of rotatable bonds is 5. The molecule has 7 aromatic rings. The lowest BCUT2D eigenvalue weighted by Crippen LogP contribution is -2.55. The van der Waals surface area contributed by atoms with E-state index in [2.05, 4.69) is 169 Å². The number of anilines is 3. The molecule has 0 aliphatic heterocycles. The van der Waals surface area contributed by atoms with Gasteiger partial charge in [-0.1, -0.05) is 133 Å². The molecule has 246 valence electrons. The number of fused-ring (bicyclic) bond motifs is 4. The van der Waals surface area contributed by atoms with E-state index in [1.165, 1.54) is 87.6 Å². The molecule has 0 N–H and O–H groups in total. The van der Waals surface area contributed by atoms with Gasteiger partial charge in [-0.15, -0.1) is 0 Å². The quantitative estimate of drug-likeness (QED) is 0.178. The van der Waals surface area contributed by atoms with Crippen molar-refractivity contribution in [2.75, 3.05) is 4.90 Å². The van der Waals surface area contributed by atoms with E-state index in [0.717, 1.165) is 29.4 Å². The Hall–Kier alpha value is -5.40. The Morgan fingerprint density at radius 1 is 0.412 bits per heavy atom. The van der Waals surface area contributed by atoms with Crippen LogP contribution in [0.4, 0.5) is 17.1 Å². The normalized spacial score (nSPS) is 23.8. The maximum absolute atomic E-state index is 2.54. The van der Waals surface area contributed by atoms with Crippen LogP contribution >= 0.6 is 0 Å². The van der Waals surface area contributed by atoms with Crippen LogP contribution in [0.25, 0.3) is 44.2 Å². The lowest BCUT2D eigenvalue weighted by atomic mass is 9.43. The Balaban J connectivity index is 1.03. The summed E-state index contributed by atoms with van der Waals surface area (Å²) in [6.07, 6.45) is 7.17. The van der Waals surface area contributed by atoms with E-state index >= 15 is 0 Å². The minimum absolute atomic E-state index is 0.215. The summed E-state index contributed by atoms with van der Waals surface area (Å²) in [6.45, 7) is 0. The molecule has 5 aliphatic carbocycles. The fourth-order valence-corrected chi connectivity index (χ4v) is 11.5. The molecule has 1 nitrogen and oxygen atoms in total. The molecule has 0 heterocycles. The zero-order chi connectivity index (χ0) is 33.5. The van der Waals surface area contributed by atoms with E-state index in [-0.39, 0.29) is 5.41 Å². The average Bonchev–Trinajstić information content (AvgIpc) is 3.48. The van der Waals surface area contributed by atoms with Crippen LogP contribution in [-0.2, 0) is 5.41 Å². The first-order valence-electron chi connectivity index (χ1n) is 19.0. The molecule has 0 saturated heterocycles. The summed E-state index contributed by atoms with van der Waals surface area (Å²) >= 11 is 0. The van der Waals surface area contributed by atoms with E-state index in [1.54, 1.807) is 11.1 Å². The molecule has 1 heteroatoms. The molecule has 5 aliphatic rings. The number of nitrogens with zero attached hydrogens (tertiary/aromatic N) is 1. The molecule has 0 unspecified atom stereocenters. The van der Waals surface area contributed by atoms with Gasteiger partial charge in [-0.2, -0.15) is 0 Å². The fourth-order valence-electron chi connectivity index (χ4n) is 11.5. The molecule has 0 atom stereocenters. The van der Waals surface area contributed by atoms with Gasteiger partial charge < -0.3 is 4.90 Å². The first-order valence-corrected chi connectivity index (χ1v) is 19.0. The van der Waals surface area contributed by atoms with E-state index < -0.39 is 0 Å². The molecule has 0 radical (unpaired) electrons. The maximum atomic E-state index is 2.54. The van der Waals surface area contributed by atoms with Crippen molar-refractivity contribution in [3.8, 4) is 33.4 Å². The van der Waals surface area contributed by atoms with Crippen molar-refractivity contribution < 1.29 is 0 Å². The van der Waals surface area contributed by atoms with Crippen LogP contribution in [-0.4, -0.2) is 0 Å². The molecule has 4 bridgehead atoms. The Morgan fingerprint density at radius 2 is 1.02 bits per heavy atom. The van der Waals surface area contributed by atoms with Crippen molar-refractivity contribution in [1.82, 2.24) is 0 Å². The summed E-state index contributed by atoms with van der Waals surface area (Å²) in [5.74, 6) is 3.50. The Bertz CT molecular complexity index is 2400. The van der Waals surface area contributed by atoms with Gasteiger partial charge in [0, 0.05) is 22.1 Å². The van der Waals surface area contributed by atoms with Crippen LogP contribution in [0.3, 0.4) is 0 Å². The third-order valence-corrected chi connectivity index (χ3v) is 13.3. The number of hydrogen-bond donors (Lipinski definition) is 0. The SMILES string of the molecule is c1ccc(-c2ccccc2N(c2ccc(-c3ccc4c(c3)-c3ccccc3C43C4CC5CC(C4)CC3C5)cc2)c2cccc3ccccc23)cc1. The number of hydrogen-bond acceptors (Lipinski definition) is 1. The summed E-state index contributed by atoms with van der Waals surface area (Å²) < 4.78 is 0. The number of benzene rings is 7. The largest absolute Gasteiger partial charge is 0.309 e. The molecule has 4 fully saturated rings. The first kappa shape index (κ1) is 29.3. The Labute approximate surface area is 301 Å². The van der Waals surface area contributed by atoms with Gasteiger partial charge in [0.25, 0.3) is 0 Å². The third kappa shape index (κ3) is 4.34. The highest BCUT2D eigenvalue weighted by atomic mass is 15.1. The molecule has 0 aromatic heterocycles. The molecular weight excluding hydrogens is 615 g/mol. The van der Waals surface area contributed by atoms with Crippen molar-refractivity contribution >= 4 is 27.8 Å². The van der Waals surface area contributed by atoms with Crippen molar-refractivity contribution in [3.05, 3.63) is 175 Å². The lowest BCUT2D eigenvalue weighted by Gasteiger charge is -2.61. The third-order valence-electron chi connectivity index (χ3n) is 13.3. The van der Waals surface area contributed by atoms with E-state index in [0.29, 0.717) is 0 Å². The van der Waals surface area contributed by atoms with Gasteiger partial charge >= 0.3 is 0 Å². The van der Waals surface area contributed by atoms with Gasteiger partial charge in [0.2, 0.25) is 0 Å². The highest BCUT2D eigenvalue weighted by molar-refractivity contribution is 6.01. The topological polar surface area (TPSA) is 3.24 Å². The van der Waals surface area contributed by atoms with Crippen LogP contribution in [0.5, 0.6) is 0 Å². The molecular formula is C50H41N. The van der Waals surface area contributed by atoms with Crippen LogP contribution in [0.15, 0.2) is 164 Å². The average molecular weight is 656 g/mol. The van der Waals surface area contributed by atoms with E-state index in [1.807, 2.05) is 0 Å². The predicted octanol–water partition coefficient (Wildman–Crippen LogP) is 13.4. The smallest absolute Gasteiger partial charge is 0.0540 e. The standard InChI is InChI=1S/C50H41N/c1-2-11-36(12-3-1)42-16-7-9-19-48(42)51(49-20-10-14-37-13-4-5-15-43(37)49)41-24-21-35(22-25-41)38-23-26-47-45(32-38)44-17-6-8-18-46(44)50(47)39-28-33-27-34(30-39)31-40(50)29-33/h1-26,32-34,39-40H,27-31H2. The molecule has 4 saturated carbocycles. The minimum atomic E-state index is 0.215.